The minimum atomic E-state index is -0.336. The fourth-order valence-corrected chi connectivity index (χ4v) is 2.69. The molecular weight excluding hydrogens is 363 g/mol. The van der Waals surface area contributed by atoms with Gasteiger partial charge < -0.3 is 9.09 Å². The molecule has 3 rings (SSSR count). The van der Waals surface area contributed by atoms with Crippen LogP contribution in [0.2, 0.25) is 0 Å². The van der Waals surface area contributed by atoms with E-state index in [-0.39, 0.29) is 11.2 Å². The largest absolute Gasteiger partial charge is 0.343 e. The van der Waals surface area contributed by atoms with Crippen molar-refractivity contribution in [1.82, 2.24) is 19.7 Å². The third-order valence-corrected chi connectivity index (χ3v) is 3.94. The van der Waals surface area contributed by atoms with E-state index in [4.69, 9.17) is 16.1 Å². The zero-order chi connectivity index (χ0) is 15.0. The van der Waals surface area contributed by atoms with E-state index in [0.717, 1.165) is 0 Å². The fourth-order valence-electron chi connectivity index (χ4n) is 2.19. The van der Waals surface area contributed by atoms with E-state index in [1.165, 1.54) is 12.5 Å². The van der Waals surface area contributed by atoms with Gasteiger partial charge in [0.25, 0.3) is 0 Å². The van der Waals surface area contributed by atoms with E-state index in [9.17, 15) is 4.39 Å². The molecule has 0 aliphatic carbocycles. The van der Waals surface area contributed by atoms with Gasteiger partial charge in [-0.05, 0) is 28.9 Å². The minimum absolute atomic E-state index is 0.287. The highest BCUT2D eigenvalue weighted by molar-refractivity contribution is 9.10. The summed E-state index contributed by atoms with van der Waals surface area (Å²) in [5.41, 5.74) is 1.39. The number of halogens is 3. The molecule has 1 atom stereocenters. The maximum atomic E-state index is 13.8. The van der Waals surface area contributed by atoms with Crippen molar-refractivity contribution in [2.45, 2.75) is 25.3 Å². The minimum Gasteiger partial charge on any atom is -0.343 e. The number of hydrogen-bond acceptors (Lipinski definition) is 4. The lowest BCUT2D eigenvalue weighted by Gasteiger charge is -2.09. The van der Waals surface area contributed by atoms with E-state index < -0.39 is 0 Å². The Hall–Kier alpha value is -1.47. The molecule has 0 N–H and O–H groups in total. The van der Waals surface area contributed by atoms with Crippen molar-refractivity contribution in [1.29, 1.82) is 0 Å². The molecule has 0 bridgehead atoms. The summed E-state index contributed by atoms with van der Waals surface area (Å²) in [6.45, 7) is 2.38. The van der Waals surface area contributed by atoms with Crippen molar-refractivity contribution in [2.24, 2.45) is 0 Å². The summed E-state index contributed by atoms with van der Waals surface area (Å²) in [5, 5.41) is 3.48. The molecule has 0 radical (unpaired) electrons. The van der Waals surface area contributed by atoms with Gasteiger partial charge >= 0.3 is 0 Å². The number of fused-ring (bicyclic) bond motifs is 1. The fraction of sp³-hybridized carbons (Fsp3) is 0.308. The Bertz CT molecular complexity index is 772. The number of alkyl halides is 1. The number of benzene rings is 1. The lowest BCUT2D eigenvalue weighted by atomic mass is 10.3. The van der Waals surface area contributed by atoms with Crippen molar-refractivity contribution >= 4 is 38.6 Å². The second kappa shape index (κ2) is 5.73. The average Bonchev–Trinajstić information content (AvgIpc) is 3.05. The Balaban J connectivity index is 2.04. The summed E-state index contributed by atoms with van der Waals surface area (Å²) in [6.07, 6.45) is 1.83. The SMILES string of the molecule is CC(Cl)c1nc2cc(Br)c(F)cc2n1CCc1ncon1. The van der Waals surface area contributed by atoms with E-state index in [1.807, 2.05) is 11.5 Å². The molecule has 21 heavy (non-hydrogen) atoms. The van der Waals surface area contributed by atoms with Crippen LogP contribution in [0, 0.1) is 5.82 Å². The third kappa shape index (κ3) is 2.80. The summed E-state index contributed by atoms with van der Waals surface area (Å²) in [6, 6.07) is 3.10. The molecule has 2 aromatic heterocycles. The van der Waals surface area contributed by atoms with Crippen LogP contribution in [-0.4, -0.2) is 19.7 Å². The highest BCUT2D eigenvalue weighted by Gasteiger charge is 2.17. The van der Waals surface area contributed by atoms with Gasteiger partial charge in [-0.1, -0.05) is 5.16 Å². The molecule has 0 aliphatic rings. The van der Waals surface area contributed by atoms with Gasteiger partial charge in [-0.15, -0.1) is 11.6 Å². The predicted molar refractivity (Wildman–Crippen MR) is 79.7 cm³/mol. The molecule has 0 amide bonds. The van der Waals surface area contributed by atoms with Crippen LogP contribution < -0.4 is 0 Å². The first-order chi connectivity index (χ1) is 10.1. The van der Waals surface area contributed by atoms with Crippen LogP contribution in [0.5, 0.6) is 0 Å². The van der Waals surface area contributed by atoms with Gasteiger partial charge in [-0.3, -0.25) is 0 Å². The Morgan fingerprint density at radius 1 is 1.48 bits per heavy atom. The van der Waals surface area contributed by atoms with Crippen molar-refractivity contribution in [3.63, 3.8) is 0 Å². The van der Waals surface area contributed by atoms with Gasteiger partial charge in [0.05, 0.1) is 20.9 Å². The number of imidazole rings is 1. The molecule has 1 unspecified atom stereocenters. The van der Waals surface area contributed by atoms with Gasteiger partial charge in [0.1, 0.15) is 11.6 Å². The predicted octanol–water partition coefficient (Wildman–Crippen LogP) is 3.86. The van der Waals surface area contributed by atoms with Gasteiger partial charge in [0.2, 0.25) is 6.39 Å². The van der Waals surface area contributed by atoms with Crippen molar-refractivity contribution < 1.29 is 8.91 Å². The Kier molecular flexibility index (Phi) is 3.95. The van der Waals surface area contributed by atoms with Crippen molar-refractivity contribution in [3.05, 3.63) is 40.5 Å². The molecule has 8 heteroatoms. The lowest BCUT2D eigenvalue weighted by molar-refractivity contribution is 0.408. The topological polar surface area (TPSA) is 56.7 Å². The number of rotatable bonds is 4. The molecule has 110 valence electrons. The zero-order valence-corrected chi connectivity index (χ0v) is 13.4. The van der Waals surface area contributed by atoms with Crippen LogP contribution >= 0.6 is 27.5 Å². The lowest BCUT2D eigenvalue weighted by Crippen LogP contribution is -2.07. The van der Waals surface area contributed by atoms with Crippen LogP contribution in [0.3, 0.4) is 0 Å². The maximum Gasteiger partial charge on any atom is 0.213 e. The van der Waals surface area contributed by atoms with Gasteiger partial charge in [-0.25, -0.2) is 9.37 Å². The van der Waals surface area contributed by atoms with Crippen molar-refractivity contribution in [3.8, 4) is 0 Å². The quantitative estimate of drug-likeness (QED) is 0.652. The second-order valence-corrected chi connectivity index (χ2v) is 6.10. The van der Waals surface area contributed by atoms with E-state index >= 15 is 0 Å². The van der Waals surface area contributed by atoms with Crippen LogP contribution in [0.25, 0.3) is 11.0 Å². The van der Waals surface area contributed by atoms with E-state index in [2.05, 4.69) is 31.1 Å². The second-order valence-electron chi connectivity index (χ2n) is 4.59. The standard InChI is InChI=1S/C13H11BrClFN4O/c1-7(15)13-18-10-4-8(14)9(16)5-11(10)20(13)3-2-12-17-6-21-19-12/h4-7H,2-3H2,1H3. The molecular formula is C13H11BrClFN4O. The number of aromatic nitrogens is 4. The smallest absolute Gasteiger partial charge is 0.213 e. The van der Waals surface area contributed by atoms with Crippen LogP contribution in [0.1, 0.15) is 23.9 Å². The molecule has 2 heterocycles. The summed E-state index contributed by atoms with van der Waals surface area (Å²) < 4.78 is 20.8. The summed E-state index contributed by atoms with van der Waals surface area (Å²) in [5.74, 6) is 0.937. The highest BCUT2D eigenvalue weighted by Crippen LogP contribution is 2.28. The summed E-state index contributed by atoms with van der Waals surface area (Å²) >= 11 is 9.35. The number of aryl methyl sites for hydroxylation is 2. The van der Waals surface area contributed by atoms with Crippen LogP contribution in [0.15, 0.2) is 27.5 Å². The van der Waals surface area contributed by atoms with Crippen LogP contribution in [0.4, 0.5) is 4.39 Å². The maximum absolute atomic E-state index is 13.8. The Morgan fingerprint density at radius 2 is 2.29 bits per heavy atom. The van der Waals surface area contributed by atoms with Gasteiger partial charge in [0.15, 0.2) is 5.82 Å². The van der Waals surface area contributed by atoms with E-state index in [0.29, 0.717) is 40.1 Å². The number of hydrogen-bond donors (Lipinski definition) is 0. The summed E-state index contributed by atoms with van der Waals surface area (Å²) in [4.78, 5) is 8.46. The molecule has 1 aromatic carbocycles. The van der Waals surface area contributed by atoms with Gasteiger partial charge in [-0.2, -0.15) is 4.98 Å². The number of nitrogens with zero attached hydrogens (tertiary/aromatic N) is 4. The third-order valence-electron chi connectivity index (χ3n) is 3.14. The van der Waals surface area contributed by atoms with Gasteiger partial charge in [0, 0.05) is 19.0 Å². The molecule has 0 spiro atoms. The first-order valence-corrected chi connectivity index (χ1v) is 7.53. The monoisotopic (exact) mass is 372 g/mol. The molecule has 0 aliphatic heterocycles. The highest BCUT2D eigenvalue weighted by atomic mass is 79.9. The normalized spacial score (nSPS) is 13.0. The zero-order valence-electron chi connectivity index (χ0n) is 11.1. The first-order valence-electron chi connectivity index (χ1n) is 6.30. The van der Waals surface area contributed by atoms with Crippen molar-refractivity contribution in [2.75, 3.05) is 0 Å². The first kappa shape index (κ1) is 14.5. The molecule has 3 aromatic rings. The molecule has 0 saturated carbocycles. The van der Waals surface area contributed by atoms with E-state index in [1.54, 1.807) is 6.07 Å². The molecule has 0 fully saturated rings. The summed E-state index contributed by atoms with van der Waals surface area (Å²) in [7, 11) is 0. The van der Waals surface area contributed by atoms with Crippen LogP contribution in [-0.2, 0) is 13.0 Å². The average molecular weight is 374 g/mol. The molecule has 0 saturated heterocycles. The molecule has 5 nitrogen and oxygen atoms in total. The Labute approximate surface area is 133 Å². The Morgan fingerprint density at radius 3 is 2.95 bits per heavy atom.